The van der Waals surface area contributed by atoms with E-state index in [1.54, 1.807) is 0 Å². The van der Waals surface area contributed by atoms with Crippen molar-refractivity contribution in [1.29, 1.82) is 0 Å². The van der Waals surface area contributed by atoms with E-state index in [0.29, 0.717) is 19.5 Å². The topological polar surface area (TPSA) is 73.9 Å². The van der Waals surface area contributed by atoms with Crippen LogP contribution in [0.15, 0.2) is 24.3 Å². The Kier molecular flexibility index (Phi) is 7.47. The van der Waals surface area contributed by atoms with E-state index in [0.717, 1.165) is 51.5 Å². The quantitative estimate of drug-likeness (QED) is 0.676. The number of nitrogens with one attached hydrogen (secondary N) is 2. The van der Waals surface area contributed by atoms with Crippen molar-refractivity contribution < 1.29 is 14.3 Å². The van der Waals surface area contributed by atoms with E-state index in [1.807, 2.05) is 0 Å². The van der Waals surface area contributed by atoms with Crippen molar-refractivity contribution in [3.63, 3.8) is 0 Å². The predicted molar refractivity (Wildman–Crippen MR) is 105 cm³/mol. The maximum Gasteiger partial charge on any atom is 0.309 e. The molecule has 1 aromatic rings. The van der Waals surface area contributed by atoms with Crippen LogP contribution in [0.3, 0.4) is 0 Å². The molecule has 27 heavy (non-hydrogen) atoms. The summed E-state index contributed by atoms with van der Waals surface area (Å²) < 4.78 is 5.28. The molecule has 7 heteroatoms. The monoisotopic (exact) mass is 374 g/mol. The second kappa shape index (κ2) is 10.3. The Morgan fingerprint density at radius 2 is 1.52 bits per heavy atom. The largest absolute Gasteiger partial charge is 0.379 e. The summed E-state index contributed by atoms with van der Waals surface area (Å²) in [5.41, 5.74) is 2.42. The summed E-state index contributed by atoms with van der Waals surface area (Å²) in [6, 6.07) is 8.48. The normalized spacial score (nSPS) is 17.7. The molecule has 1 aromatic carbocycles. The molecule has 3 rings (SSSR count). The van der Waals surface area contributed by atoms with Crippen LogP contribution in [0.1, 0.15) is 18.4 Å². The fourth-order valence-corrected chi connectivity index (χ4v) is 3.48. The lowest BCUT2D eigenvalue weighted by atomic mass is 10.1. The van der Waals surface area contributed by atoms with E-state index in [1.165, 1.54) is 18.5 Å². The summed E-state index contributed by atoms with van der Waals surface area (Å²) in [4.78, 5) is 28.3. The molecule has 2 N–H and O–H groups in total. The molecule has 0 aliphatic carbocycles. The number of amides is 2. The third kappa shape index (κ3) is 6.22. The molecule has 2 aliphatic heterocycles. The molecule has 2 aliphatic rings. The predicted octanol–water partition coefficient (Wildman–Crippen LogP) is 0.394. The smallest absolute Gasteiger partial charge is 0.309 e. The number of rotatable bonds is 7. The van der Waals surface area contributed by atoms with Crippen LogP contribution in [0.5, 0.6) is 0 Å². The van der Waals surface area contributed by atoms with Crippen LogP contribution >= 0.6 is 0 Å². The minimum Gasteiger partial charge on any atom is -0.379 e. The average Bonchev–Trinajstić information content (AvgIpc) is 3.24. The third-order valence-corrected chi connectivity index (χ3v) is 5.13. The van der Waals surface area contributed by atoms with Gasteiger partial charge in [0, 0.05) is 51.5 Å². The number of carbonyl (C=O) groups excluding carboxylic acids is 2. The van der Waals surface area contributed by atoms with Crippen LogP contribution in [-0.2, 0) is 20.7 Å². The van der Waals surface area contributed by atoms with E-state index >= 15 is 0 Å². The van der Waals surface area contributed by atoms with Gasteiger partial charge in [-0.2, -0.15) is 0 Å². The zero-order valence-electron chi connectivity index (χ0n) is 15.9. The highest BCUT2D eigenvalue weighted by Gasteiger charge is 2.15. The highest BCUT2D eigenvalue weighted by atomic mass is 16.5. The molecule has 2 amide bonds. The summed E-state index contributed by atoms with van der Waals surface area (Å²) in [5.74, 6) is -1.13. The Labute approximate surface area is 161 Å². The second-order valence-electron chi connectivity index (χ2n) is 7.08. The molecule has 2 fully saturated rings. The zero-order valence-corrected chi connectivity index (χ0v) is 15.9. The second-order valence-corrected chi connectivity index (χ2v) is 7.08. The fourth-order valence-electron chi connectivity index (χ4n) is 3.48. The molecule has 0 saturated carbocycles. The lowest BCUT2D eigenvalue weighted by Gasteiger charge is -2.26. The number of benzene rings is 1. The lowest BCUT2D eigenvalue weighted by Crippen LogP contribution is -2.45. The first-order chi connectivity index (χ1) is 13.2. The van der Waals surface area contributed by atoms with Crippen LogP contribution < -0.4 is 15.5 Å². The molecule has 7 nitrogen and oxygen atoms in total. The summed E-state index contributed by atoms with van der Waals surface area (Å²) >= 11 is 0. The van der Waals surface area contributed by atoms with Gasteiger partial charge >= 0.3 is 11.8 Å². The minimum atomic E-state index is -0.564. The fraction of sp³-hybridized carbons (Fsp3) is 0.600. The van der Waals surface area contributed by atoms with Crippen LogP contribution in [0.4, 0.5) is 5.69 Å². The van der Waals surface area contributed by atoms with Crippen LogP contribution in [0.2, 0.25) is 0 Å². The number of ether oxygens (including phenoxy) is 1. The number of anilines is 1. The molecule has 0 unspecified atom stereocenters. The highest BCUT2D eigenvalue weighted by Crippen LogP contribution is 2.20. The van der Waals surface area contributed by atoms with E-state index in [9.17, 15) is 9.59 Å². The van der Waals surface area contributed by atoms with Gasteiger partial charge in [0.15, 0.2) is 0 Å². The molecule has 0 atom stereocenters. The van der Waals surface area contributed by atoms with Crippen molar-refractivity contribution in [1.82, 2.24) is 15.5 Å². The van der Waals surface area contributed by atoms with E-state index < -0.39 is 11.8 Å². The molecular formula is C20H30N4O3. The summed E-state index contributed by atoms with van der Waals surface area (Å²) in [6.07, 6.45) is 3.25. The Bertz CT molecular complexity index is 608. The van der Waals surface area contributed by atoms with Gasteiger partial charge in [-0.1, -0.05) is 12.1 Å². The Hall–Kier alpha value is -2.12. The maximum atomic E-state index is 11.9. The van der Waals surface area contributed by atoms with Gasteiger partial charge in [-0.3, -0.25) is 14.5 Å². The van der Waals surface area contributed by atoms with Gasteiger partial charge in [-0.25, -0.2) is 0 Å². The van der Waals surface area contributed by atoms with E-state index in [4.69, 9.17) is 4.74 Å². The third-order valence-electron chi connectivity index (χ3n) is 5.13. The number of carbonyl (C=O) groups is 2. The number of hydrogen-bond donors (Lipinski definition) is 2. The van der Waals surface area contributed by atoms with Crippen molar-refractivity contribution in [2.75, 3.05) is 63.9 Å². The van der Waals surface area contributed by atoms with Gasteiger partial charge in [0.2, 0.25) is 0 Å². The van der Waals surface area contributed by atoms with Crippen molar-refractivity contribution in [2.45, 2.75) is 19.3 Å². The van der Waals surface area contributed by atoms with Crippen LogP contribution in [0.25, 0.3) is 0 Å². The summed E-state index contributed by atoms with van der Waals surface area (Å²) in [5, 5.41) is 5.37. The standard InChI is InChI=1S/C20H30N4O3/c25-19(20(26)22-9-12-23-13-15-27-16-14-23)21-8-7-17-3-5-18(6-4-17)24-10-1-2-11-24/h3-6H,1-2,7-16H2,(H,21,25)(H,22,26). The Morgan fingerprint density at radius 3 is 2.19 bits per heavy atom. The number of hydrogen-bond acceptors (Lipinski definition) is 5. The van der Waals surface area contributed by atoms with Crippen LogP contribution in [-0.4, -0.2) is 75.7 Å². The molecule has 0 aromatic heterocycles. The molecule has 0 radical (unpaired) electrons. The Morgan fingerprint density at radius 1 is 0.889 bits per heavy atom. The zero-order chi connectivity index (χ0) is 18.9. The molecular weight excluding hydrogens is 344 g/mol. The minimum absolute atomic E-state index is 0.457. The van der Waals surface area contributed by atoms with Gasteiger partial charge < -0.3 is 20.3 Å². The van der Waals surface area contributed by atoms with E-state index in [2.05, 4.69) is 44.7 Å². The van der Waals surface area contributed by atoms with Gasteiger partial charge in [0.05, 0.1) is 13.2 Å². The Balaban J connectivity index is 1.30. The highest BCUT2D eigenvalue weighted by molar-refractivity contribution is 6.35. The molecule has 2 saturated heterocycles. The first kappa shape index (κ1) is 19.6. The molecule has 0 bridgehead atoms. The summed E-state index contributed by atoms with van der Waals surface area (Å²) in [7, 11) is 0. The molecule has 0 spiro atoms. The first-order valence-electron chi connectivity index (χ1n) is 9.92. The average molecular weight is 374 g/mol. The van der Waals surface area contributed by atoms with Crippen molar-refractivity contribution in [3.8, 4) is 0 Å². The number of morpholine rings is 1. The maximum absolute atomic E-state index is 11.9. The first-order valence-corrected chi connectivity index (χ1v) is 9.92. The van der Waals surface area contributed by atoms with Gasteiger partial charge in [0.25, 0.3) is 0 Å². The number of nitrogens with zero attached hydrogens (tertiary/aromatic N) is 2. The van der Waals surface area contributed by atoms with Crippen molar-refractivity contribution >= 4 is 17.5 Å². The van der Waals surface area contributed by atoms with Gasteiger partial charge in [-0.15, -0.1) is 0 Å². The summed E-state index contributed by atoms with van der Waals surface area (Å²) in [6.45, 7) is 7.15. The van der Waals surface area contributed by atoms with Gasteiger partial charge in [0.1, 0.15) is 0 Å². The van der Waals surface area contributed by atoms with Crippen molar-refractivity contribution in [2.24, 2.45) is 0 Å². The van der Waals surface area contributed by atoms with Gasteiger partial charge in [-0.05, 0) is 37.0 Å². The lowest BCUT2D eigenvalue weighted by molar-refractivity contribution is -0.139. The van der Waals surface area contributed by atoms with Crippen LogP contribution in [0, 0.1) is 0 Å². The van der Waals surface area contributed by atoms with E-state index in [-0.39, 0.29) is 0 Å². The SMILES string of the molecule is O=C(NCCc1ccc(N2CCCC2)cc1)C(=O)NCCN1CCOCC1. The molecule has 2 heterocycles. The van der Waals surface area contributed by atoms with Crippen molar-refractivity contribution in [3.05, 3.63) is 29.8 Å². The molecule has 148 valence electrons.